The molecule has 14 nitrogen and oxygen atoms in total. The quantitative estimate of drug-likeness (QED) is 0.0625. The number of nitrogens with zero attached hydrogens (tertiary/aromatic N) is 8. The van der Waals surface area contributed by atoms with E-state index in [0.717, 1.165) is 23.2 Å². The van der Waals surface area contributed by atoms with Gasteiger partial charge in [0.05, 0.1) is 22.2 Å². The third-order valence-electron chi connectivity index (χ3n) is 11.6. The average molecular weight is 1130 g/mol. The van der Waals surface area contributed by atoms with Crippen molar-refractivity contribution < 1.29 is 27.8 Å². The van der Waals surface area contributed by atoms with Gasteiger partial charge in [-0.05, 0) is 145 Å². The molecule has 2 aliphatic rings. The van der Waals surface area contributed by atoms with E-state index in [0.29, 0.717) is 80.7 Å². The van der Waals surface area contributed by atoms with Crippen LogP contribution in [-0.2, 0) is 43.4 Å². The predicted molar refractivity (Wildman–Crippen MR) is 272 cm³/mol. The zero-order valence-electron chi connectivity index (χ0n) is 38.5. The summed E-state index contributed by atoms with van der Waals surface area (Å²) in [6, 6.07) is 22.2. The number of tetrazole rings is 2. The number of halogens is 6. The summed E-state index contributed by atoms with van der Waals surface area (Å²) in [5.41, 5.74) is 1.43. The molecule has 0 radical (unpaired) electrons. The zero-order chi connectivity index (χ0) is 49.0. The molecule has 2 heterocycles. The van der Waals surface area contributed by atoms with E-state index in [9.17, 15) is 18.4 Å². The van der Waals surface area contributed by atoms with E-state index >= 15 is 0 Å². The summed E-state index contributed by atoms with van der Waals surface area (Å²) in [7, 11) is -2.40. The molecule has 2 amide bonds. The van der Waals surface area contributed by atoms with Crippen molar-refractivity contribution in [3.63, 3.8) is 0 Å². The topological polar surface area (TPSA) is 164 Å². The van der Waals surface area contributed by atoms with E-state index in [4.69, 9.17) is 32.7 Å². The zero-order valence-corrected chi connectivity index (χ0v) is 45.2. The largest absolute Gasteiger partial charge is 0.359 e. The second-order valence-electron chi connectivity index (χ2n) is 19.4. The maximum Gasteiger partial charge on any atom is 0.235 e. The molecule has 2 aliphatic carbocycles. The fourth-order valence-corrected chi connectivity index (χ4v) is 10.1. The molecule has 0 bridgehead atoms. The first kappa shape index (κ1) is 51.6. The Balaban J connectivity index is 0.000000201. The van der Waals surface area contributed by atoms with Gasteiger partial charge in [0.2, 0.25) is 17.6 Å². The Morgan fingerprint density at radius 2 is 1.18 bits per heavy atom. The summed E-state index contributed by atoms with van der Waals surface area (Å²) < 4.78 is 43.4. The van der Waals surface area contributed by atoms with Gasteiger partial charge in [0.1, 0.15) is 18.4 Å². The highest BCUT2D eigenvalue weighted by Crippen LogP contribution is 2.51. The summed E-state index contributed by atoms with van der Waals surface area (Å²) in [5.74, 6) is -0.951. The van der Waals surface area contributed by atoms with Crippen LogP contribution in [0.4, 0.5) is 20.2 Å². The Hall–Kier alpha value is -4.29. The first-order valence-corrected chi connectivity index (χ1v) is 31.8. The van der Waals surface area contributed by atoms with Gasteiger partial charge in [-0.3, -0.25) is 9.59 Å². The van der Waals surface area contributed by atoms with Gasteiger partial charge in [-0.1, -0.05) is 86.7 Å². The number of hydrogen-bond acceptors (Lipinski definition) is 10. The lowest BCUT2D eigenvalue weighted by atomic mass is 9.95. The summed E-state index contributed by atoms with van der Waals surface area (Å²) >= 11 is 19.0. The second-order valence-corrected chi connectivity index (χ2v) is 33.2. The van der Waals surface area contributed by atoms with Gasteiger partial charge < -0.3 is 20.1 Å². The van der Waals surface area contributed by atoms with Crippen LogP contribution in [0.25, 0.3) is 22.8 Å². The molecule has 2 aromatic heterocycles. The van der Waals surface area contributed by atoms with Crippen molar-refractivity contribution in [2.75, 3.05) is 23.8 Å². The number of benzene rings is 4. The smallest absolute Gasteiger partial charge is 0.235 e. The van der Waals surface area contributed by atoms with Crippen molar-refractivity contribution in [3.8, 4) is 22.8 Å². The number of rotatable bonds is 18. The van der Waals surface area contributed by atoms with E-state index in [1.165, 1.54) is 33.7 Å². The Morgan fingerprint density at radius 3 is 1.66 bits per heavy atom. The van der Waals surface area contributed by atoms with Crippen molar-refractivity contribution in [1.29, 1.82) is 0 Å². The minimum absolute atomic E-state index is 0.0549. The van der Waals surface area contributed by atoms with E-state index < -0.39 is 38.6 Å². The van der Waals surface area contributed by atoms with E-state index in [1.807, 2.05) is 24.3 Å². The number of hydrogen-bond donors (Lipinski definition) is 2. The number of carbonyl (C=O) groups excluding carboxylic acids is 2. The predicted octanol–water partition coefficient (Wildman–Crippen LogP) is 11.8. The normalized spacial score (nSPS) is 14.8. The van der Waals surface area contributed by atoms with E-state index in [1.54, 1.807) is 24.3 Å². The molecule has 4 aromatic carbocycles. The van der Waals surface area contributed by atoms with Crippen LogP contribution in [0.15, 0.2) is 81.7 Å². The summed E-state index contributed by atoms with van der Waals surface area (Å²) in [5, 5.41) is 30.9. The lowest BCUT2D eigenvalue weighted by Gasteiger charge is -2.17. The minimum Gasteiger partial charge on any atom is -0.359 e. The molecule has 6 aromatic rings. The molecule has 0 spiro atoms. The average Bonchev–Trinajstić information content (AvgIpc) is 4.17. The molecular weight excluding hydrogens is 1080 g/mol. The lowest BCUT2D eigenvalue weighted by molar-refractivity contribution is -0.119. The Kier molecular flexibility index (Phi) is 16.2. The van der Waals surface area contributed by atoms with Crippen LogP contribution in [0, 0.1) is 11.6 Å². The van der Waals surface area contributed by atoms with Crippen LogP contribution in [0.3, 0.4) is 0 Å². The maximum atomic E-state index is 14.8. The van der Waals surface area contributed by atoms with Gasteiger partial charge in [-0.2, -0.15) is 4.68 Å². The minimum atomic E-state index is -1.22. The molecule has 2 N–H and O–H groups in total. The molecule has 0 unspecified atom stereocenters. The second kappa shape index (κ2) is 21.4. The highest BCUT2D eigenvalue weighted by Gasteiger charge is 2.52. The highest BCUT2D eigenvalue weighted by molar-refractivity contribution is 9.11. The van der Waals surface area contributed by atoms with Crippen LogP contribution in [0.1, 0.15) is 36.8 Å². The Bertz CT molecular complexity index is 2800. The fourth-order valence-electron chi connectivity index (χ4n) is 7.18. The standard InChI is InChI=1S/2C23H26BrClFN5O2Si/c1-34(2,3)10-9-33-14-31-21(28-29-30-31)17-12-20(19(26)13-18(17)24)27-22(32)23(7-8-23)15-5-4-6-16(25)11-15;1-34(2,3)10-9-33-14-31-29-21(28-30-31)17-12-20(19(26)13-18(17)24)27-22(32)23(7-8-23)15-5-4-6-16(25)11-15/h2*4-6,11-13H,7-10,14H2,1-3H3,(H,27,32). The van der Waals surface area contributed by atoms with Crippen LogP contribution >= 0.6 is 55.1 Å². The fraction of sp³-hybridized carbons (Fsp3) is 0.391. The number of nitrogens with one attached hydrogen (secondary N) is 2. The van der Waals surface area contributed by atoms with E-state index in [2.05, 4.69) is 113 Å². The van der Waals surface area contributed by atoms with Crippen molar-refractivity contribution in [1.82, 2.24) is 40.4 Å². The summed E-state index contributed by atoms with van der Waals surface area (Å²) in [4.78, 5) is 27.6. The highest BCUT2D eigenvalue weighted by atomic mass is 79.9. The SMILES string of the molecule is C[Si](C)(C)CCOCn1nnc(-c2cc(NC(=O)C3(c4cccc(Cl)c4)CC3)c(F)cc2Br)n1.C[Si](C)(C)CCOCn1nnnc1-c1cc(NC(=O)C2(c3cccc(Cl)c3)CC2)c(F)cc1Br. The molecule has 0 atom stereocenters. The molecule has 8 rings (SSSR count). The van der Waals surface area contributed by atoms with Crippen LogP contribution in [0.5, 0.6) is 0 Å². The molecule has 0 aliphatic heterocycles. The third kappa shape index (κ3) is 12.9. The van der Waals surface area contributed by atoms with Crippen molar-refractivity contribution >= 4 is 94.4 Å². The molecule has 68 heavy (non-hydrogen) atoms. The first-order chi connectivity index (χ1) is 32.2. The van der Waals surface area contributed by atoms with Gasteiger partial charge in [-0.25, -0.2) is 8.78 Å². The Morgan fingerprint density at radius 1 is 0.691 bits per heavy atom. The molecular formula is C46H52Br2Cl2F2N10O4Si2. The first-order valence-electron chi connectivity index (χ1n) is 22.0. The number of anilines is 2. The molecule has 22 heteroatoms. The van der Waals surface area contributed by atoms with Gasteiger partial charge in [0.15, 0.2) is 12.6 Å². The number of ether oxygens (including phenoxy) is 2. The monoisotopic (exact) mass is 1130 g/mol. The molecule has 0 saturated heterocycles. The third-order valence-corrected chi connectivity index (χ3v) is 16.8. The van der Waals surface area contributed by atoms with Crippen molar-refractivity contribution in [3.05, 3.63) is 115 Å². The van der Waals surface area contributed by atoms with Gasteiger partial charge in [-0.15, -0.1) is 20.1 Å². The lowest BCUT2D eigenvalue weighted by Crippen LogP contribution is -2.28. The molecule has 360 valence electrons. The summed E-state index contributed by atoms with van der Waals surface area (Å²) in [6.45, 7) is 15.3. The van der Waals surface area contributed by atoms with Crippen LogP contribution in [-0.4, -0.2) is 81.6 Å². The van der Waals surface area contributed by atoms with E-state index in [-0.39, 0.29) is 36.7 Å². The van der Waals surface area contributed by atoms with Gasteiger partial charge in [0.25, 0.3) is 0 Å². The van der Waals surface area contributed by atoms with Crippen molar-refractivity contribution in [2.45, 2.75) is 101 Å². The maximum absolute atomic E-state index is 14.8. The van der Waals surface area contributed by atoms with Gasteiger partial charge in [0, 0.05) is 59.5 Å². The van der Waals surface area contributed by atoms with Crippen molar-refractivity contribution in [2.24, 2.45) is 0 Å². The molecule has 2 fully saturated rings. The number of aromatic nitrogens is 8. The van der Waals surface area contributed by atoms with Crippen LogP contribution in [0.2, 0.25) is 61.4 Å². The summed E-state index contributed by atoms with van der Waals surface area (Å²) in [6.07, 6.45) is 2.71. The molecule has 2 saturated carbocycles. The Labute approximate surface area is 422 Å². The van der Waals surface area contributed by atoms with Crippen LogP contribution < -0.4 is 10.6 Å². The number of carbonyl (C=O) groups is 2. The number of amides is 2. The van der Waals surface area contributed by atoms with Gasteiger partial charge >= 0.3 is 0 Å².